The number of rotatable bonds is 4. The van der Waals surface area contributed by atoms with Crippen LogP contribution in [0.3, 0.4) is 0 Å². The van der Waals surface area contributed by atoms with Gasteiger partial charge in [-0.05, 0) is 35.8 Å². The molecule has 1 nitrogen and oxygen atoms in total. The van der Waals surface area contributed by atoms with Crippen LogP contribution in [-0.4, -0.2) is 6.04 Å². The van der Waals surface area contributed by atoms with Crippen LogP contribution in [0.2, 0.25) is 0 Å². The minimum absolute atomic E-state index is 0.710. The van der Waals surface area contributed by atoms with Crippen molar-refractivity contribution < 1.29 is 0 Å². The minimum Gasteiger partial charge on any atom is -0.309 e. The lowest BCUT2D eigenvalue weighted by Crippen LogP contribution is -2.39. The van der Waals surface area contributed by atoms with Crippen LogP contribution in [0.5, 0.6) is 0 Å². The average Bonchev–Trinajstić information content (AvgIpc) is 2.81. The zero-order valence-electron chi connectivity index (χ0n) is 9.80. The third-order valence-electron chi connectivity index (χ3n) is 3.55. The van der Waals surface area contributed by atoms with Crippen LogP contribution in [0, 0.1) is 0 Å². The van der Waals surface area contributed by atoms with E-state index < -0.39 is 0 Å². The summed E-state index contributed by atoms with van der Waals surface area (Å²) in [6, 6.07) is 15.9. The Bertz CT molecular complexity index is 443. The molecule has 17 heavy (non-hydrogen) atoms. The van der Waals surface area contributed by atoms with E-state index in [2.05, 4.69) is 53.2 Å². The van der Waals surface area contributed by atoms with Gasteiger partial charge >= 0.3 is 0 Å². The Morgan fingerprint density at radius 1 is 1.06 bits per heavy atom. The smallest absolute Gasteiger partial charge is 0.0302 e. The summed E-state index contributed by atoms with van der Waals surface area (Å²) in [5.41, 5.74) is 1.50. The summed E-state index contributed by atoms with van der Waals surface area (Å²) in [5.74, 6) is 0.775. The summed E-state index contributed by atoms with van der Waals surface area (Å²) >= 11 is 1.83. The monoisotopic (exact) mass is 243 g/mol. The lowest BCUT2D eigenvalue weighted by atomic mass is 9.76. The van der Waals surface area contributed by atoms with Gasteiger partial charge in [0, 0.05) is 17.5 Å². The van der Waals surface area contributed by atoms with Crippen LogP contribution < -0.4 is 5.32 Å². The molecule has 1 aliphatic carbocycles. The van der Waals surface area contributed by atoms with Gasteiger partial charge in [0.2, 0.25) is 0 Å². The fourth-order valence-corrected chi connectivity index (χ4v) is 3.10. The molecule has 0 aliphatic heterocycles. The van der Waals surface area contributed by atoms with E-state index in [0.717, 1.165) is 12.5 Å². The van der Waals surface area contributed by atoms with Crippen LogP contribution in [-0.2, 0) is 6.54 Å². The highest BCUT2D eigenvalue weighted by Gasteiger charge is 2.29. The van der Waals surface area contributed by atoms with Crippen LogP contribution in [0.15, 0.2) is 47.8 Å². The Morgan fingerprint density at radius 3 is 2.59 bits per heavy atom. The van der Waals surface area contributed by atoms with Crippen molar-refractivity contribution in [2.24, 2.45) is 0 Å². The summed E-state index contributed by atoms with van der Waals surface area (Å²) < 4.78 is 0. The molecule has 2 aromatic rings. The highest BCUT2D eigenvalue weighted by Crippen LogP contribution is 2.36. The molecule has 88 valence electrons. The Labute approximate surface area is 106 Å². The highest BCUT2D eigenvalue weighted by molar-refractivity contribution is 7.09. The minimum atomic E-state index is 0.710. The molecular formula is C15H17NS. The summed E-state index contributed by atoms with van der Waals surface area (Å²) in [7, 11) is 0. The molecule has 1 aromatic heterocycles. The second kappa shape index (κ2) is 5.03. The molecule has 1 saturated carbocycles. The van der Waals surface area contributed by atoms with Gasteiger partial charge in [0.05, 0.1) is 0 Å². The topological polar surface area (TPSA) is 12.0 Å². The Kier molecular flexibility index (Phi) is 3.25. The predicted octanol–water partition coefficient (Wildman–Crippen LogP) is 3.78. The van der Waals surface area contributed by atoms with Crippen molar-refractivity contribution in [3.63, 3.8) is 0 Å². The Morgan fingerprint density at radius 2 is 1.88 bits per heavy atom. The summed E-state index contributed by atoms with van der Waals surface area (Å²) in [5, 5.41) is 5.78. The third kappa shape index (κ3) is 2.59. The van der Waals surface area contributed by atoms with Gasteiger partial charge in [-0.15, -0.1) is 11.3 Å². The molecular weight excluding hydrogens is 226 g/mol. The van der Waals surface area contributed by atoms with E-state index in [1.54, 1.807) is 0 Å². The van der Waals surface area contributed by atoms with E-state index in [-0.39, 0.29) is 0 Å². The predicted molar refractivity (Wildman–Crippen MR) is 73.4 cm³/mol. The first-order chi connectivity index (χ1) is 8.42. The molecule has 1 aromatic carbocycles. The molecule has 0 bridgehead atoms. The second-order valence-corrected chi connectivity index (χ2v) is 5.77. The third-order valence-corrected chi connectivity index (χ3v) is 4.43. The maximum absolute atomic E-state index is 3.63. The fourth-order valence-electron chi connectivity index (χ4n) is 2.44. The number of thiophene rings is 1. The zero-order valence-corrected chi connectivity index (χ0v) is 10.6. The first-order valence-corrected chi connectivity index (χ1v) is 7.10. The molecule has 0 atom stereocenters. The van der Waals surface area contributed by atoms with E-state index in [1.165, 1.54) is 23.3 Å². The lowest BCUT2D eigenvalue weighted by molar-refractivity contribution is 0.290. The van der Waals surface area contributed by atoms with Crippen molar-refractivity contribution in [2.45, 2.75) is 31.3 Å². The van der Waals surface area contributed by atoms with Crippen molar-refractivity contribution in [1.29, 1.82) is 0 Å². The molecule has 0 amide bonds. The Balaban J connectivity index is 1.46. The van der Waals surface area contributed by atoms with E-state index in [4.69, 9.17) is 0 Å². The zero-order chi connectivity index (χ0) is 11.5. The molecule has 3 rings (SSSR count). The molecule has 0 unspecified atom stereocenters. The molecule has 1 aliphatic rings. The number of nitrogens with one attached hydrogen (secondary N) is 1. The molecule has 1 fully saturated rings. The van der Waals surface area contributed by atoms with Crippen molar-refractivity contribution in [2.75, 3.05) is 0 Å². The summed E-state index contributed by atoms with van der Waals surface area (Å²) in [4.78, 5) is 1.44. The maximum Gasteiger partial charge on any atom is 0.0302 e. The van der Waals surface area contributed by atoms with Gasteiger partial charge in [0.25, 0.3) is 0 Å². The molecule has 0 saturated heterocycles. The van der Waals surface area contributed by atoms with Gasteiger partial charge in [0.1, 0.15) is 0 Å². The Hall–Kier alpha value is -1.12. The van der Waals surface area contributed by atoms with E-state index in [1.807, 2.05) is 11.3 Å². The van der Waals surface area contributed by atoms with Gasteiger partial charge in [-0.3, -0.25) is 0 Å². The lowest BCUT2D eigenvalue weighted by Gasteiger charge is -2.36. The van der Waals surface area contributed by atoms with Gasteiger partial charge in [-0.2, -0.15) is 0 Å². The number of hydrogen-bond donors (Lipinski definition) is 1. The van der Waals surface area contributed by atoms with Crippen molar-refractivity contribution in [3.8, 4) is 0 Å². The van der Waals surface area contributed by atoms with Gasteiger partial charge in [-0.25, -0.2) is 0 Å². The van der Waals surface area contributed by atoms with E-state index in [0.29, 0.717) is 6.04 Å². The van der Waals surface area contributed by atoms with Crippen molar-refractivity contribution in [1.82, 2.24) is 5.32 Å². The first-order valence-electron chi connectivity index (χ1n) is 6.22. The second-order valence-electron chi connectivity index (χ2n) is 4.74. The van der Waals surface area contributed by atoms with Gasteiger partial charge < -0.3 is 5.32 Å². The fraction of sp³-hybridized carbons (Fsp3) is 0.333. The molecule has 1 N–H and O–H groups in total. The summed E-state index contributed by atoms with van der Waals surface area (Å²) in [6.45, 7) is 1.03. The highest BCUT2D eigenvalue weighted by atomic mass is 32.1. The van der Waals surface area contributed by atoms with Crippen LogP contribution in [0.25, 0.3) is 0 Å². The SMILES string of the molecule is c1ccc(C2CC(NCc3cccs3)C2)cc1. The molecule has 2 heteroatoms. The van der Waals surface area contributed by atoms with Gasteiger partial charge in [-0.1, -0.05) is 36.4 Å². The number of hydrogen-bond acceptors (Lipinski definition) is 2. The number of benzene rings is 1. The molecule has 1 heterocycles. The summed E-state index contributed by atoms with van der Waals surface area (Å²) in [6.07, 6.45) is 2.57. The molecule has 0 spiro atoms. The van der Waals surface area contributed by atoms with Crippen molar-refractivity contribution >= 4 is 11.3 Å². The van der Waals surface area contributed by atoms with Crippen LogP contribution in [0.4, 0.5) is 0 Å². The first kappa shape index (κ1) is 11.0. The standard InChI is InChI=1S/C15H17NS/c1-2-5-12(6-3-1)13-9-14(10-13)16-11-15-7-4-8-17-15/h1-8,13-14,16H,9-11H2. The van der Waals surface area contributed by atoms with Crippen LogP contribution in [0.1, 0.15) is 29.2 Å². The van der Waals surface area contributed by atoms with Gasteiger partial charge in [0.15, 0.2) is 0 Å². The largest absolute Gasteiger partial charge is 0.309 e. The van der Waals surface area contributed by atoms with E-state index >= 15 is 0 Å². The van der Waals surface area contributed by atoms with Crippen molar-refractivity contribution in [3.05, 3.63) is 58.3 Å². The molecule has 0 radical (unpaired) electrons. The van der Waals surface area contributed by atoms with E-state index in [9.17, 15) is 0 Å². The quantitative estimate of drug-likeness (QED) is 0.861. The maximum atomic E-state index is 3.63. The van der Waals surface area contributed by atoms with Crippen LogP contribution >= 0.6 is 11.3 Å². The normalized spacial score (nSPS) is 23.3. The average molecular weight is 243 g/mol.